The Morgan fingerprint density at radius 3 is 2.12 bits per heavy atom. The summed E-state index contributed by atoms with van der Waals surface area (Å²) in [5, 5.41) is 0. The molecule has 0 aromatic carbocycles. The molecule has 0 saturated carbocycles. The van der Waals surface area contributed by atoms with E-state index in [1.807, 2.05) is 0 Å². The van der Waals surface area contributed by atoms with E-state index in [0.29, 0.717) is 0 Å². The molecule has 0 heterocycles. The summed E-state index contributed by atoms with van der Waals surface area (Å²) in [6.07, 6.45) is 0. The van der Waals surface area contributed by atoms with Crippen LogP contribution in [0.3, 0.4) is 0 Å². The van der Waals surface area contributed by atoms with Crippen molar-refractivity contribution >= 4 is 47.9 Å². The van der Waals surface area contributed by atoms with Crippen LogP contribution in [0.4, 0.5) is 0 Å². The Kier molecular flexibility index (Phi) is 7.49. The van der Waals surface area contributed by atoms with Gasteiger partial charge in [0.05, 0.1) is 0 Å². The van der Waals surface area contributed by atoms with Gasteiger partial charge in [-0.15, -0.1) is 0 Å². The third-order valence-electron chi connectivity index (χ3n) is 0.548. The van der Waals surface area contributed by atoms with Gasteiger partial charge in [-0.05, 0) is 0 Å². The maximum absolute atomic E-state index is 9.62. The average molecular weight is 92.7 g/mol. The van der Waals surface area contributed by atoms with E-state index < -0.39 is 0 Å². The molecule has 0 aromatic rings. The summed E-state index contributed by atoms with van der Waals surface area (Å²) >= 11 is 0. The monoisotopic (exact) mass is 94.1 g/mol. The summed E-state index contributed by atoms with van der Waals surface area (Å²) in [6.45, 7) is 8.20. The molecule has 0 saturated heterocycles. The molecule has 1 nitrogen and oxygen atoms in total. The standard InChI is InChI=1S/B7HO/c1-2-3-4-5-6-7-8/h1H. The minimum absolute atomic E-state index is 0.730. The molecule has 0 aliphatic carbocycles. The first-order valence-electron chi connectivity index (χ1n) is 2.31. The van der Waals surface area contributed by atoms with Gasteiger partial charge < -0.3 is 0 Å². The number of rotatable bonds is 3. The molecule has 8 heavy (non-hydrogen) atoms. The van der Waals surface area contributed by atoms with Gasteiger partial charge in [-0.25, -0.2) is 0 Å². The van der Waals surface area contributed by atoms with Crippen LogP contribution in [-0.4, -0.2) is 47.9 Å². The van der Waals surface area contributed by atoms with Crippen LogP contribution >= 0.6 is 0 Å². The van der Waals surface area contributed by atoms with Crippen LogP contribution in [0.15, 0.2) is 0 Å². The van der Waals surface area contributed by atoms with Crippen LogP contribution in [0.1, 0.15) is 0 Å². The SMILES string of the molecule is B=B/B=B\B=B/B=O. The Hall–Kier alpha value is 0.255. The zero-order chi connectivity index (χ0) is 6.24. The summed E-state index contributed by atoms with van der Waals surface area (Å²) in [5.41, 5.74) is 0. The van der Waals surface area contributed by atoms with Crippen molar-refractivity contribution in [2.75, 3.05) is 0 Å². The molecule has 0 radical (unpaired) electrons. The van der Waals surface area contributed by atoms with Gasteiger partial charge in [0.15, 0.2) is 0 Å². The van der Waals surface area contributed by atoms with Crippen LogP contribution in [0, 0.1) is 0 Å². The summed E-state index contributed by atoms with van der Waals surface area (Å²) in [5.74, 6) is 0. The van der Waals surface area contributed by atoms with E-state index in [-0.39, 0.29) is 0 Å². The van der Waals surface area contributed by atoms with E-state index in [4.69, 9.17) is 0 Å². The molecule has 28 valence electrons. The van der Waals surface area contributed by atoms with Crippen molar-refractivity contribution in [2.45, 2.75) is 0 Å². The maximum atomic E-state index is 9.62. The first-order chi connectivity index (χ1) is 3.91. The summed E-state index contributed by atoms with van der Waals surface area (Å²) < 4.78 is 9.62. The predicted octanol–water partition coefficient (Wildman–Crippen LogP) is -3.05. The van der Waals surface area contributed by atoms with E-state index in [1.165, 1.54) is 6.69 Å². The Morgan fingerprint density at radius 1 is 1.00 bits per heavy atom. The molecule has 0 spiro atoms. The second kappa shape index (κ2) is 7.25. The number of hydrogen-bond donors (Lipinski definition) is 0. The van der Waals surface area contributed by atoms with Crippen molar-refractivity contribution in [3.63, 3.8) is 0 Å². The molecular formula is HB7O. The summed E-state index contributed by atoms with van der Waals surface area (Å²) in [6, 6.07) is 0. The second-order valence-electron chi connectivity index (χ2n) is 1.14. The predicted molar refractivity (Wildman–Crippen MR) is 42.4 cm³/mol. The van der Waals surface area contributed by atoms with Crippen LogP contribution in [0.5, 0.6) is 0 Å². The zero-order valence-electron chi connectivity index (χ0n) is 4.58. The van der Waals surface area contributed by atoms with Gasteiger partial charge in [0.25, 0.3) is 0 Å². The molecule has 0 unspecified atom stereocenters. The molecule has 0 rings (SSSR count). The Balaban J connectivity index is 3.41. The van der Waals surface area contributed by atoms with E-state index in [1.54, 1.807) is 26.8 Å². The van der Waals surface area contributed by atoms with Gasteiger partial charge in [0.1, 0.15) is 0 Å². The molecule has 0 fully saturated rings. The van der Waals surface area contributed by atoms with Crippen molar-refractivity contribution in [2.24, 2.45) is 0 Å². The van der Waals surface area contributed by atoms with Crippen molar-refractivity contribution in [3.05, 3.63) is 0 Å². The first kappa shape index (κ1) is 8.25. The van der Waals surface area contributed by atoms with Gasteiger partial charge in [-0.1, -0.05) is 0 Å². The minimum atomic E-state index is 0.730. The van der Waals surface area contributed by atoms with Crippen LogP contribution in [0.2, 0.25) is 0 Å². The average Bonchev–Trinajstić information content (AvgIpc) is 1.81. The Labute approximate surface area is 53.3 Å². The Bertz CT molecular complexity index is 104. The Morgan fingerprint density at radius 2 is 1.62 bits per heavy atom. The molecule has 0 aliphatic heterocycles. The fraction of sp³-hybridized carbons (Fsp3) is 0. The second-order valence-corrected chi connectivity index (χ2v) is 1.14. The van der Waals surface area contributed by atoms with Crippen LogP contribution in [-0.2, 0) is 4.70 Å². The van der Waals surface area contributed by atoms with Gasteiger partial charge in [0, 0.05) is 0 Å². The molecule has 8 heteroatoms. The third kappa shape index (κ3) is 6.25. The normalized spacial score (nSPS) is 5.38. The van der Waals surface area contributed by atoms with Gasteiger partial charge >= 0.3 is 52.6 Å². The van der Waals surface area contributed by atoms with Gasteiger partial charge in [-0.2, -0.15) is 0 Å². The summed E-state index contributed by atoms with van der Waals surface area (Å²) in [4.78, 5) is 0. The summed E-state index contributed by atoms with van der Waals surface area (Å²) in [7, 11) is 4.18. The molecule has 0 bridgehead atoms. The molecule has 0 aromatic heterocycles. The van der Waals surface area contributed by atoms with Crippen LogP contribution < -0.4 is 0 Å². The topological polar surface area (TPSA) is 17.1 Å². The van der Waals surface area contributed by atoms with E-state index in [2.05, 4.69) is 7.37 Å². The van der Waals surface area contributed by atoms with Crippen molar-refractivity contribution in [1.82, 2.24) is 0 Å². The van der Waals surface area contributed by atoms with Crippen molar-refractivity contribution in [3.8, 4) is 0 Å². The molecule has 0 amide bonds. The molecule has 0 N–H and O–H groups in total. The fourth-order valence-corrected chi connectivity index (χ4v) is 0.252. The zero-order valence-corrected chi connectivity index (χ0v) is 4.58. The van der Waals surface area contributed by atoms with Crippen molar-refractivity contribution in [1.29, 1.82) is 0 Å². The van der Waals surface area contributed by atoms with E-state index >= 15 is 0 Å². The quantitative estimate of drug-likeness (QED) is 0.338. The first-order valence-corrected chi connectivity index (χ1v) is 2.31. The molecule has 0 atom stereocenters. The van der Waals surface area contributed by atoms with Crippen LogP contribution in [0.25, 0.3) is 0 Å². The molecular weight excluding hydrogens is 91.7 g/mol. The third-order valence-corrected chi connectivity index (χ3v) is 0.548. The van der Waals surface area contributed by atoms with E-state index in [9.17, 15) is 4.70 Å². The van der Waals surface area contributed by atoms with Gasteiger partial charge in [0.2, 0.25) is 0 Å². The number of hydrogen-bond acceptors (Lipinski definition) is 1. The van der Waals surface area contributed by atoms with Crippen molar-refractivity contribution < 1.29 is 4.70 Å². The van der Waals surface area contributed by atoms with E-state index in [0.717, 1.165) is 7.04 Å². The fourth-order valence-electron chi connectivity index (χ4n) is 0.252. The molecule has 0 aliphatic rings. The van der Waals surface area contributed by atoms with Gasteiger partial charge in [-0.3, -0.25) is 0 Å².